The number of hydrogen-bond acceptors (Lipinski definition) is 5. The number of aliphatic carboxylic acids is 1. The second-order valence-electron chi connectivity index (χ2n) is 5.12. The Bertz CT molecular complexity index is 492. The third-order valence-electron chi connectivity index (χ3n) is 3.38. The molecule has 0 amide bonds. The third kappa shape index (κ3) is 2.77. The second-order valence-corrected chi connectivity index (χ2v) is 5.12. The number of nitrogens with zero attached hydrogens (tertiary/aromatic N) is 3. The number of ether oxygens (including phenoxy) is 1. The lowest BCUT2D eigenvalue weighted by atomic mass is 9.90. The van der Waals surface area contributed by atoms with Crippen molar-refractivity contribution in [2.45, 2.75) is 27.2 Å². The van der Waals surface area contributed by atoms with Crippen LogP contribution < -0.4 is 9.64 Å². The molecule has 0 spiro atoms. The van der Waals surface area contributed by atoms with Crippen LogP contribution in [-0.2, 0) is 4.79 Å². The molecule has 104 valence electrons. The van der Waals surface area contributed by atoms with Crippen LogP contribution >= 0.6 is 0 Å². The Labute approximate surface area is 112 Å². The van der Waals surface area contributed by atoms with Crippen molar-refractivity contribution in [1.29, 1.82) is 0 Å². The molecule has 2 heterocycles. The van der Waals surface area contributed by atoms with Crippen molar-refractivity contribution in [1.82, 2.24) is 9.97 Å². The molecule has 0 bridgehead atoms. The van der Waals surface area contributed by atoms with Gasteiger partial charge in [-0.1, -0.05) is 0 Å². The number of anilines is 1. The van der Waals surface area contributed by atoms with E-state index in [2.05, 4.69) is 9.97 Å². The number of carbonyl (C=O) groups is 1. The van der Waals surface area contributed by atoms with E-state index in [0.717, 1.165) is 5.69 Å². The van der Waals surface area contributed by atoms with Crippen LogP contribution in [0.2, 0.25) is 0 Å². The zero-order valence-corrected chi connectivity index (χ0v) is 11.5. The number of rotatable bonds is 4. The lowest BCUT2D eigenvalue weighted by molar-refractivity contribution is -0.146. The van der Waals surface area contributed by atoms with Gasteiger partial charge in [0.15, 0.2) is 0 Å². The Morgan fingerprint density at radius 1 is 1.58 bits per heavy atom. The van der Waals surface area contributed by atoms with E-state index in [1.54, 1.807) is 13.0 Å². The van der Waals surface area contributed by atoms with Crippen LogP contribution in [0.1, 0.15) is 26.0 Å². The van der Waals surface area contributed by atoms with Gasteiger partial charge in [-0.25, -0.2) is 4.98 Å². The van der Waals surface area contributed by atoms with Gasteiger partial charge in [-0.05, 0) is 27.2 Å². The summed E-state index contributed by atoms with van der Waals surface area (Å²) in [5.41, 5.74) is 0.0937. The van der Waals surface area contributed by atoms with Crippen LogP contribution in [0.15, 0.2) is 6.07 Å². The van der Waals surface area contributed by atoms with Gasteiger partial charge >= 0.3 is 5.97 Å². The SMILES string of the molecule is CCOc1cc(C)nc(N2CCC(C)(C(=O)O)C2)n1. The summed E-state index contributed by atoms with van der Waals surface area (Å²) in [6.07, 6.45) is 0.601. The molecule has 0 saturated carbocycles. The lowest BCUT2D eigenvalue weighted by Gasteiger charge is -2.20. The lowest BCUT2D eigenvalue weighted by Crippen LogP contribution is -2.32. The summed E-state index contributed by atoms with van der Waals surface area (Å²) in [5, 5.41) is 9.24. The van der Waals surface area contributed by atoms with Gasteiger partial charge in [0.1, 0.15) is 0 Å². The van der Waals surface area contributed by atoms with Gasteiger partial charge < -0.3 is 14.7 Å². The highest BCUT2D eigenvalue weighted by Gasteiger charge is 2.41. The average molecular weight is 265 g/mol. The molecule has 1 atom stereocenters. The van der Waals surface area contributed by atoms with Crippen molar-refractivity contribution in [3.8, 4) is 5.88 Å². The minimum Gasteiger partial charge on any atom is -0.481 e. The summed E-state index contributed by atoms with van der Waals surface area (Å²) < 4.78 is 5.39. The summed E-state index contributed by atoms with van der Waals surface area (Å²) in [7, 11) is 0. The Morgan fingerprint density at radius 3 is 2.89 bits per heavy atom. The van der Waals surface area contributed by atoms with Crippen LogP contribution in [0.3, 0.4) is 0 Å². The molecule has 1 unspecified atom stereocenters. The number of carboxylic acid groups (broad SMARTS) is 1. The molecular formula is C13H19N3O3. The first kappa shape index (κ1) is 13.6. The molecule has 1 aromatic heterocycles. The fourth-order valence-corrected chi connectivity index (χ4v) is 2.19. The summed E-state index contributed by atoms with van der Waals surface area (Å²) >= 11 is 0. The van der Waals surface area contributed by atoms with E-state index < -0.39 is 11.4 Å². The predicted octanol–water partition coefficient (Wildman–Crippen LogP) is 1.48. The van der Waals surface area contributed by atoms with E-state index in [4.69, 9.17) is 4.74 Å². The molecule has 19 heavy (non-hydrogen) atoms. The van der Waals surface area contributed by atoms with E-state index in [1.807, 2.05) is 18.7 Å². The second kappa shape index (κ2) is 5.03. The molecule has 0 aliphatic carbocycles. The molecule has 0 radical (unpaired) electrons. The number of hydrogen-bond donors (Lipinski definition) is 1. The topological polar surface area (TPSA) is 75.5 Å². The minimum absolute atomic E-state index is 0.428. The van der Waals surface area contributed by atoms with Crippen molar-refractivity contribution in [2.24, 2.45) is 5.41 Å². The molecule has 1 saturated heterocycles. The number of aromatic nitrogens is 2. The highest BCUT2D eigenvalue weighted by molar-refractivity contribution is 5.76. The molecule has 6 nitrogen and oxygen atoms in total. The van der Waals surface area contributed by atoms with Crippen molar-refractivity contribution < 1.29 is 14.6 Å². The van der Waals surface area contributed by atoms with Crippen molar-refractivity contribution in [2.75, 3.05) is 24.6 Å². The fourth-order valence-electron chi connectivity index (χ4n) is 2.19. The first-order valence-electron chi connectivity index (χ1n) is 6.41. The zero-order chi connectivity index (χ0) is 14.0. The standard InChI is InChI=1S/C13H19N3O3/c1-4-19-10-7-9(2)14-12(15-10)16-6-5-13(3,8-16)11(17)18/h7H,4-6,8H2,1-3H3,(H,17,18). The van der Waals surface area contributed by atoms with Gasteiger partial charge in [-0.3, -0.25) is 4.79 Å². The largest absolute Gasteiger partial charge is 0.481 e. The monoisotopic (exact) mass is 265 g/mol. The molecule has 1 aliphatic heterocycles. The summed E-state index contributed by atoms with van der Waals surface area (Å²) in [4.78, 5) is 21.8. The molecule has 1 aliphatic rings. The smallest absolute Gasteiger partial charge is 0.311 e. The molecule has 1 aromatic rings. The maximum absolute atomic E-state index is 11.2. The molecular weight excluding hydrogens is 246 g/mol. The Balaban J connectivity index is 2.21. The van der Waals surface area contributed by atoms with Crippen LogP contribution in [0.5, 0.6) is 5.88 Å². The van der Waals surface area contributed by atoms with E-state index in [-0.39, 0.29) is 0 Å². The number of aryl methyl sites for hydroxylation is 1. The highest BCUT2D eigenvalue weighted by atomic mass is 16.5. The molecule has 6 heteroatoms. The van der Waals surface area contributed by atoms with E-state index >= 15 is 0 Å². The Hall–Kier alpha value is -1.85. The Kier molecular flexibility index (Phi) is 3.59. The molecule has 2 rings (SSSR count). The van der Waals surface area contributed by atoms with Gasteiger partial charge in [0.05, 0.1) is 12.0 Å². The van der Waals surface area contributed by atoms with Crippen LogP contribution in [-0.4, -0.2) is 40.7 Å². The first-order valence-corrected chi connectivity index (χ1v) is 6.41. The molecule has 1 N–H and O–H groups in total. The molecule has 1 fully saturated rings. The quantitative estimate of drug-likeness (QED) is 0.888. The summed E-state index contributed by atoms with van der Waals surface area (Å²) in [5.74, 6) is 0.315. The van der Waals surface area contributed by atoms with Crippen molar-refractivity contribution in [3.05, 3.63) is 11.8 Å². The van der Waals surface area contributed by atoms with Gasteiger partial charge in [0.2, 0.25) is 11.8 Å². The van der Waals surface area contributed by atoms with E-state index in [0.29, 0.717) is 37.9 Å². The van der Waals surface area contributed by atoms with E-state index in [1.165, 1.54) is 0 Å². The number of carboxylic acids is 1. The maximum atomic E-state index is 11.2. The van der Waals surface area contributed by atoms with Crippen LogP contribution in [0, 0.1) is 12.3 Å². The van der Waals surface area contributed by atoms with Crippen LogP contribution in [0.25, 0.3) is 0 Å². The maximum Gasteiger partial charge on any atom is 0.311 e. The van der Waals surface area contributed by atoms with Gasteiger partial charge in [-0.2, -0.15) is 4.98 Å². The zero-order valence-electron chi connectivity index (χ0n) is 11.5. The van der Waals surface area contributed by atoms with Gasteiger partial charge in [0.25, 0.3) is 0 Å². The Morgan fingerprint density at radius 2 is 2.32 bits per heavy atom. The van der Waals surface area contributed by atoms with Gasteiger partial charge in [-0.15, -0.1) is 0 Å². The summed E-state index contributed by atoms with van der Waals surface area (Å²) in [6, 6.07) is 1.78. The minimum atomic E-state index is -0.771. The molecule has 0 aromatic carbocycles. The normalized spacial score (nSPS) is 22.6. The van der Waals surface area contributed by atoms with Crippen molar-refractivity contribution >= 4 is 11.9 Å². The van der Waals surface area contributed by atoms with E-state index in [9.17, 15) is 9.90 Å². The van der Waals surface area contributed by atoms with Crippen LogP contribution in [0.4, 0.5) is 5.95 Å². The third-order valence-corrected chi connectivity index (χ3v) is 3.38. The average Bonchev–Trinajstić information content (AvgIpc) is 2.73. The highest BCUT2D eigenvalue weighted by Crippen LogP contribution is 2.32. The van der Waals surface area contributed by atoms with Gasteiger partial charge in [0, 0.05) is 24.8 Å². The first-order chi connectivity index (χ1) is 8.94. The fraction of sp³-hybridized carbons (Fsp3) is 0.615. The summed E-state index contributed by atoms with van der Waals surface area (Å²) in [6.45, 7) is 7.15. The van der Waals surface area contributed by atoms with Crippen molar-refractivity contribution in [3.63, 3.8) is 0 Å². The predicted molar refractivity (Wildman–Crippen MR) is 70.5 cm³/mol.